The van der Waals surface area contributed by atoms with E-state index < -0.39 is 109 Å². The number of rotatable bonds is 26. The van der Waals surface area contributed by atoms with Gasteiger partial charge in [0.15, 0.2) is 11.9 Å². The molecule has 0 aromatic carbocycles. The van der Waals surface area contributed by atoms with Crippen molar-refractivity contribution < 1.29 is 48.3 Å². The molecule has 1 aliphatic rings. The molecular weight excluding hydrogens is 818 g/mol. The Hall–Kier alpha value is -7.06. The Morgan fingerprint density at radius 1 is 0.774 bits per heavy atom. The van der Waals surface area contributed by atoms with Gasteiger partial charge in [0, 0.05) is 37.9 Å². The minimum Gasteiger partial charge on any atom is -0.480 e. The van der Waals surface area contributed by atoms with Crippen molar-refractivity contribution in [2.75, 3.05) is 39.3 Å². The second-order valence-electron chi connectivity index (χ2n) is 14.2. The number of amides is 8. The molecule has 62 heavy (non-hydrogen) atoms. The average Bonchev–Trinajstić information content (AvgIpc) is 3.92. The predicted octanol–water partition coefficient (Wildman–Crippen LogP) is -7.21. The third-order valence-electron chi connectivity index (χ3n) is 9.05. The van der Waals surface area contributed by atoms with Crippen LogP contribution in [0.25, 0.3) is 0 Å². The van der Waals surface area contributed by atoms with E-state index in [1.54, 1.807) is 0 Å². The summed E-state index contributed by atoms with van der Waals surface area (Å²) in [6, 6.07) is -6.73. The number of carboxylic acids is 1. The number of hydrogen-bond acceptors (Lipinski definition) is 13. The number of aromatic nitrogens is 2. The summed E-state index contributed by atoms with van der Waals surface area (Å²) in [6.45, 7) is 1.42. The monoisotopic (exact) mass is 877 g/mol. The first-order valence-corrected chi connectivity index (χ1v) is 19.7. The van der Waals surface area contributed by atoms with E-state index in [2.05, 4.69) is 57.2 Å². The number of hydrogen-bond donors (Lipinski definition) is 14. The Morgan fingerprint density at radius 2 is 1.34 bits per heavy atom. The van der Waals surface area contributed by atoms with Gasteiger partial charge in [-0.25, -0.2) is 4.98 Å². The number of nitrogens with two attached hydrogens (primary N) is 5. The van der Waals surface area contributed by atoms with Gasteiger partial charge in [-0.3, -0.25) is 53.1 Å². The van der Waals surface area contributed by atoms with Gasteiger partial charge in [-0.15, -0.1) is 0 Å². The number of aliphatic carboxylic acids is 1. The van der Waals surface area contributed by atoms with Crippen LogP contribution in [0.15, 0.2) is 22.5 Å². The van der Waals surface area contributed by atoms with Gasteiger partial charge < -0.3 is 80.9 Å². The molecule has 1 aromatic heterocycles. The molecule has 6 atom stereocenters. The Morgan fingerprint density at radius 3 is 1.87 bits per heavy atom. The number of nitrogens with zero attached hydrogens (tertiary/aromatic N) is 4. The van der Waals surface area contributed by atoms with Crippen molar-refractivity contribution in [2.45, 2.75) is 95.0 Å². The zero-order valence-corrected chi connectivity index (χ0v) is 34.6. The fourth-order valence-corrected chi connectivity index (χ4v) is 5.94. The second kappa shape index (κ2) is 26.2. The molecule has 2 heterocycles. The number of aliphatic imine (C=N–C) groups is 2. The number of guanidine groups is 2. The quantitative estimate of drug-likeness (QED) is 0.0234. The van der Waals surface area contributed by atoms with Gasteiger partial charge in [-0.2, -0.15) is 0 Å². The van der Waals surface area contributed by atoms with Gasteiger partial charge in [-0.1, -0.05) is 0 Å². The fourth-order valence-electron chi connectivity index (χ4n) is 5.94. The van der Waals surface area contributed by atoms with Crippen molar-refractivity contribution >= 4 is 65.1 Å². The lowest BCUT2D eigenvalue weighted by molar-refractivity contribution is -0.140. The maximum atomic E-state index is 13.8. The third-order valence-corrected chi connectivity index (χ3v) is 9.05. The van der Waals surface area contributed by atoms with E-state index in [1.165, 1.54) is 31.3 Å². The van der Waals surface area contributed by atoms with E-state index in [-0.39, 0.29) is 57.1 Å². The number of nitrogens with one attached hydrogen (secondary N) is 8. The zero-order chi connectivity index (χ0) is 46.4. The van der Waals surface area contributed by atoms with E-state index in [4.69, 9.17) is 33.8 Å². The number of carboxylic acid groups (broad SMARTS) is 1. The summed E-state index contributed by atoms with van der Waals surface area (Å²) in [4.78, 5) is 131. The highest BCUT2D eigenvalue weighted by atomic mass is 16.4. The highest BCUT2D eigenvalue weighted by molar-refractivity contribution is 5.97. The number of H-pyrrole nitrogens is 1. The van der Waals surface area contributed by atoms with Crippen LogP contribution in [-0.4, -0.2) is 161 Å². The summed E-state index contributed by atoms with van der Waals surface area (Å²) < 4.78 is 0. The van der Waals surface area contributed by atoms with Gasteiger partial charge >= 0.3 is 5.97 Å². The number of carbonyl (C=O) groups excluding carboxylic acids is 8. The Kier molecular flexibility index (Phi) is 21.6. The van der Waals surface area contributed by atoms with Crippen molar-refractivity contribution in [3.63, 3.8) is 0 Å². The maximum absolute atomic E-state index is 13.8. The van der Waals surface area contributed by atoms with E-state index >= 15 is 0 Å². The minimum atomic E-state index is -1.33. The van der Waals surface area contributed by atoms with Gasteiger partial charge in [0.2, 0.25) is 47.3 Å². The van der Waals surface area contributed by atoms with Crippen molar-refractivity contribution in [1.29, 1.82) is 0 Å². The van der Waals surface area contributed by atoms with E-state index in [1.807, 2.05) is 0 Å². The van der Waals surface area contributed by atoms with Gasteiger partial charge in [0.25, 0.3) is 0 Å². The fraction of sp³-hybridized carbons (Fsp3) is 0.600. The van der Waals surface area contributed by atoms with Crippen LogP contribution in [0.4, 0.5) is 0 Å². The van der Waals surface area contributed by atoms with Gasteiger partial charge in [0.05, 0.1) is 25.5 Å². The van der Waals surface area contributed by atoms with Crippen LogP contribution in [0, 0.1) is 0 Å². The van der Waals surface area contributed by atoms with Gasteiger partial charge in [0.1, 0.15) is 36.8 Å². The third kappa shape index (κ3) is 18.9. The summed E-state index contributed by atoms with van der Waals surface area (Å²) >= 11 is 0. The average molecular weight is 878 g/mol. The Labute approximate surface area is 356 Å². The molecule has 0 radical (unpaired) electrons. The van der Waals surface area contributed by atoms with Crippen LogP contribution in [0.1, 0.15) is 58.1 Å². The topological polar surface area (TPSA) is 445 Å². The lowest BCUT2D eigenvalue weighted by Gasteiger charge is -2.27. The normalized spacial score (nSPS) is 15.5. The summed E-state index contributed by atoms with van der Waals surface area (Å²) in [7, 11) is 0. The largest absolute Gasteiger partial charge is 0.480 e. The molecule has 27 heteroatoms. The molecule has 1 saturated heterocycles. The van der Waals surface area contributed by atoms with Crippen molar-refractivity contribution in [3.05, 3.63) is 18.2 Å². The molecule has 0 aliphatic carbocycles. The van der Waals surface area contributed by atoms with Gasteiger partial charge in [-0.05, 0) is 52.4 Å². The molecule has 344 valence electrons. The van der Waals surface area contributed by atoms with Crippen LogP contribution < -0.4 is 65.9 Å². The van der Waals surface area contributed by atoms with Crippen LogP contribution in [0.5, 0.6) is 0 Å². The standard InChI is InChI=1S/C35H59N17O10/c1-18(36)33(62)52-11-5-8-24(52)32(61)48-19(2)28(57)51-23(12-20-13-41-17-47-20)31(60)50-22(7-4-10-43-35(39)40)30(59)46-15-26(54)49-21(6-3-9-42-34(37)38)29(58)45-14-25(53)44-16-27(55)56/h13,17-19,21-24H,3-12,14-16,36H2,1-2H3,(H,41,47)(H,44,53)(H,45,58)(H,46,59)(H,48,61)(H,49,54)(H,50,60)(H,51,57)(H,55,56)(H4,37,38,42)(H4,39,40,43)/t18-,19-,21-,22-,23-,24-/m0/s1. The molecule has 8 amide bonds. The van der Waals surface area contributed by atoms with Crippen molar-refractivity contribution in [1.82, 2.24) is 52.1 Å². The van der Waals surface area contributed by atoms with E-state index in [0.29, 0.717) is 25.1 Å². The summed E-state index contributed by atoms with van der Waals surface area (Å²) in [5.74, 6) is -7.57. The first-order valence-electron chi connectivity index (χ1n) is 19.7. The van der Waals surface area contributed by atoms with E-state index in [0.717, 1.165) is 0 Å². The second-order valence-corrected chi connectivity index (χ2v) is 14.2. The molecule has 19 N–H and O–H groups in total. The number of imidazole rings is 1. The lowest BCUT2D eigenvalue weighted by atomic mass is 10.1. The smallest absolute Gasteiger partial charge is 0.322 e. The number of carbonyl (C=O) groups is 9. The molecule has 1 fully saturated rings. The molecule has 27 nitrogen and oxygen atoms in total. The lowest BCUT2D eigenvalue weighted by Crippen LogP contribution is -2.58. The Balaban J connectivity index is 2.18. The minimum absolute atomic E-state index is 0.0134. The SMILES string of the molecule is C[C@H](N)C(=O)N1CCC[C@H]1C(=O)N[C@@H](C)C(=O)N[C@@H](Cc1cnc[nH]1)C(=O)N[C@@H](CCCN=C(N)N)C(=O)NCC(=O)N[C@@H](CCCN=C(N)N)C(=O)NCC(=O)NCC(=O)O. The molecule has 0 saturated carbocycles. The zero-order valence-electron chi connectivity index (χ0n) is 34.6. The van der Waals surface area contributed by atoms with Crippen LogP contribution >= 0.6 is 0 Å². The van der Waals surface area contributed by atoms with E-state index in [9.17, 15) is 43.2 Å². The predicted molar refractivity (Wildman–Crippen MR) is 221 cm³/mol. The van der Waals surface area contributed by atoms with Crippen LogP contribution in [0.3, 0.4) is 0 Å². The highest BCUT2D eigenvalue weighted by Crippen LogP contribution is 2.18. The molecule has 1 aliphatic heterocycles. The molecule has 2 rings (SSSR count). The molecule has 0 unspecified atom stereocenters. The van der Waals surface area contributed by atoms with Crippen molar-refractivity contribution in [3.8, 4) is 0 Å². The maximum Gasteiger partial charge on any atom is 0.322 e. The number of likely N-dealkylation sites (tertiary alicyclic amines) is 1. The summed E-state index contributed by atoms with van der Waals surface area (Å²) in [5.41, 5.74) is 27.7. The first kappa shape index (κ1) is 51.1. The van der Waals surface area contributed by atoms with Crippen molar-refractivity contribution in [2.24, 2.45) is 38.7 Å². The summed E-state index contributed by atoms with van der Waals surface area (Å²) in [5, 5.41) is 25.8. The Bertz CT molecular complexity index is 1780. The van der Waals surface area contributed by atoms with Crippen LogP contribution in [-0.2, 0) is 49.6 Å². The summed E-state index contributed by atoms with van der Waals surface area (Å²) in [6.07, 6.45) is 3.89. The molecule has 0 bridgehead atoms. The first-order chi connectivity index (χ1) is 29.3. The highest BCUT2D eigenvalue weighted by Gasteiger charge is 2.37. The molecule has 1 aromatic rings. The molecular formula is C35H59N17O10. The number of aromatic amines is 1. The molecule has 0 spiro atoms. The van der Waals surface area contributed by atoms with Crippen LogP contribution in [0.2, 0.25) is 0 Å².